The molecule has 1 atom stereocenters. The molecular weight excluding hydrogens is 418 g/mol. The summed E-state index contributed by atoms with van der Waals surface area (Å²) in [5.74, 6) is -0.781. The van der Waals surface area contributed by atoms with Crippen LogP contribution in [0.4, 0.5) is 23.0 Å². The normalized spacial score (nSPS) is 16.1. The average Bonchev–Trinajstić information content (AvgIpc) is 2.72. The number of hydrazine groups is 1. The van der Waals surface area contributed by atoms with Crippen LogP contribution in [0.1, 0.15) is 36.5 Å². The zero-order valence-corrected chi connectivity index (χ0v) is 16.6. The Morgan fingerprint density at radius 2 is 2.00 bits per heavy atom. The van der Waals surface area contributed by atoms with Crippen molar-refractivity contribution in [1.29, 1.82) is 0 Å². The van der Waals surface area contributed by atoms with Gasteiger partial charge in [0.15, 0.2) is 0 Å². The van der Waals surface area contributed by atoms with Crippen molar-refractivity contribution >= 4 is 40.5 Å². The molecule has 1 aliphatic rings. The molecule has 0 aliphatic carbocycles. The monoisotopic (exact) mass is 435 g/mol. The van der Waals surface area contributed by atoms with Crippen molar-refractivity contribution in [3.05, 3.63) is 55.3 Å². The molecule has 1 amide bonds. The van der Waals surface area contributed by atoms with Gasteiger partial charge in [0.1, 0.15) is 11.3 Å². The molecule has 30 heavy (non-hydrogen) atoms. The van der Waals surface area contributed by atoms with Gasteiger partial charge in [-0.05, 0) is 38.3 Å². The summed E-state index contributed by atoms with van der Waals surface area (Å²) in [5.41, 5.74) is 3.84. The predicted molar refractivity (Wildman–Crippen MR) is 109 cm³/mol. The van der Waals surface area contributed by atoms with Gasteiger partial charge in [-0.25, -0.2) is 9.97 Å². The number of carbonyl (C=O) groups excluding carboxylic acids is 1. The average molecular weight is 436 g/mol. The van der Waals surface area contributed by atoms with Gasteiger partial charge in [-0.1, -0.05) is 11.6 Å². The summed E-state index contributed by atoms with van der Waals surface area (Å²) < 4.78 is 0. The first kappa shape index (κ1) is 21.2. The standard InChI is InChI=1S/C17H18ClN7O5/c1-10-4-2-3-7-23(10)16-14(25(29)30)15(19-9-20-16)21-22-17(26)11-5-6-12(18)13(8-11)24(27)28/h5-6,8-10H,2-4,7H2,1H3,(H,22,26)(H,19,20,21). The van der Waals surface area contributed by atoms with Crippen molar-refractivity contribution in [2.75, 3.05) is 16.9 Å². The third-order valence-corrected chi connectivity index (χ3v) is 5.08. The second-order valence-corrected chi connectivity index (χ2v) is 7.10. The molecule has 0 bridgehead atoms. The van der Waals surface area contributed by atoms with Crippen LogP contribution in [0.2, 0.25) is 5.02 Å². The van der Waals surface area contributed by atoms with E-state index in [0.717, 1.165) is 25.3 Å². The number of piperidine rings is 1. The summed E-state index contributed by atoms with van der Waals surface area (Å²) in [4.78, 5) is 43.5. The number of aromatic nitrogens is 2. The van der Waals surface area contributed by atoms with Gasteiger partial charge in [-0.15, -0.1) is 0 Å². The van der Waals surface area contributed by atoms with Crippen LogP contribution in [0.25, 0.3) is 0 Å². The van der Waals surface area contributed by atoms with E-state index >= 15 is 0 Å². The van der Waals surface area contributed by atoms with Crippen LogP contribution in [-0.4, -0.2) is 38.3 Å². The van der Waals surface area contributed by atoms with Crippen LogP contribution in [-0.2, 0) is 0 Å². The molecule has 13 heteroatoms. The van der Waals surface area contributed by atoms with E-state index in [-0.39, 0.29) is 34.0 Å². The Morgan fingerprint density at radius 1 is 1.23 bits per heavy atom. The molecular formula is C17H18ClN7O5. The molecule has 1 aromatic heterocycles. The SMILES string of the molecule is CC1CCCCN1c1ncnc(NNC(=O)c2ccc(Cl)c([N+](=O)[O-])c2)c1[N+](=O)[O-]. The molecule has 1 fully saturated rings. The van der Waals surface area contributed by atoms with Crippen LogP contribution in [0.15, 0.2) is 24.5 Å². The fraction of sp³-hybridized carbons (Fsp3) is 0.353. The van der Waals surface area contributed by atoms with E-state index in [4.69, 9.17) is 11.6 Å². The first-order valence-corrected chi connectivity index (χ1v) is 9.43. The number of benzene rings is 1. The zero-order valence-electron chi connectivity index (χ0n) is 15.9. The van der Waals surface area contributed by atoms with E-state index in [9.17, 15) is 25.0 Å². The number of nitro groups is 2. The molecule has 3 rings (SSSR count). The summed E-state index contributed by atoms with van der Waals surface area (Å²) >= 11 is 5.74. The third kappa shape index (κ3) is 4.38. The minimum Gasteiger partial charge on any atom is -0.348 e. The smallest absolute Gasteiger partial charge is 0.348 e. The van der Waals surface area contributed by atoms with E-state index in [1.54, 1.807) is 0 Å². The van der Waals surface area contributed by atoms with Gasteiger partial charge in [0, 0.05) is 24.2 Å². The van der Waals surface area contributed by atoms with Gasteiger partial charge in [0.05, 0.1) is 9.85 Å². The van der Waals surface area contributed by atoms with Crippen LogP contribution in [0.3, 0.4) is 0 Å². The molecule has 1 unspecified atom stereocenters. The van der Waals surface area contributed by atoms with Crippen molar-refractivity contribution in [3.63, 3.8) is 0 Å². The fourth-order valence-corrected chi connectivity index (χ4v) is 3.42. The van der Waals surface area contributed by atoms with Crippen LogP contribution in [0.5, 0.6) is 0 Å². The van der Waals surface area contributed by atoms with Gasteiger partial charge < -0.3 is 4.90 Å². The second-order valence-electron chi connectivity index (χ2n) is 6.69. The van der Waals surface area contributed by atoms with Crippen LogP contribution >= 0.6 is 11.6 Å². The van der Waals surface area contributed by atoms with Gasteiger partial charge in [-0.3, -0.25) is 35.9 Å². The highest BCUT2D eigenvalue weighted by Crippen LogP contribution is 2.34. The Hall–Kier alpha value is -3.54. The topological polar surface area (TPSA) is 156 Å². The van der Waals surface area contributed by atoms with Gasteiger partial charge in [0.2, 0.25) is 11.6 Å². The number of hydrogen-bond acceptors (Lipinski definition) is 9. The molecule has 158 valence electrons. The lowest BCUT2D eigenvalue weighted by molar-refractivity contribution is -0.384. The van der Waals surface area contributed by atoms with Crippen molar-refractivity contribution in [2.24, 2.45) is 0 Å². The van der Waals surface area contributed by atoms with Crippen LogP contribution in [0, 0.1) is 20.2 Å². The summed E-state index contributed by atoms with van der Waals surface area (Å²) in [6.07, 6.45) is 3.98. The highest BCUT2D eigenvalue weighted by molar-refractivity contribution is 6.32. The molecule has 1 aromatic carbocycles. The van der Waals surface area contributed by atoms with E-state index in [0.29, 0.717) is 6.54 Å². The number of nitrogens with zero attached hydrogens (tertiary/aromatic N) is 5. The van der Waals surface area contributed by atoms with E-state index in [1.807, 2.05) is 11.8 Å². The number of rotatable bonds is 6. The van der Waals surface area contributed by atoms with Crippen molar-refractivity contribution in [3.8, 4) is 0 Å². The minimum absolute atomic E-state index is 0.0554. The summed E-state index contributed by atoms with van der Waals surface area (Å²) in [5, 5.41) is 22.6. The maximum absolute atomic E-state index is 12.4. The second kappa shape index (κ2) is 8.86. The largest absolute Gasteiger partial charge is 0.355 e. The maximum atomic E-state index is 12.4. The number of hydrogen-bond donors (Lipinski definition) is 2. The van der Waals surface area contributed by atoms with Crippen molar-refractivity contribution in [2.45, 2.75) is 32.2 Å². The van der Waals surface area contributed by atoms with Gasteiger partial charge >= 0.3 is 5.69 Å². The Kier molecular flexibility index (Phi) is 6.26. The summed E-state index contributed by atoms with van der Waals surface area (Å²) in [7, 11) is 0. The molecule has 1 aliphatic heterocycles. The molecule has 1 saturated heterocycles. The predicted octanol–water partition coefficient (Wildman–Crippen LogP) is 3.08. The van der Waals surface area contributed by atoms with Crippen LogP contribution < -0.4 is 15.8 Å². The Balaban J connectivity index is 1.84. The van der Waals surface area contributed by atoms with Gasteiger partial charge in [0.25, 0.3) is 11.6 Å². The molecule has 2 heterocycles. The maximum Gasteiger partial charge on any atom is 0.355 e. The van der Waals surface area contributed by atoms with Gasteiger partial charge in [-0.2, -0.15) is 0 Å². The molecule has 2 aromatic rings. The van der Waals surface area contributed by atoms with E-state index in [2.05, 4.69) is 20.8 Å². The number of carbonyl (C=O) groups is 1. The number of amides is 1. The molecule has 0 saturated carbocycles. The lowest BCUT2D eigenvalue weighted by Gasteiger charge is -2.33. The quantitative estimate of drug-likeness (QED) is 0.513. The number of nitro benzene ring substituents is 1. The zero-order chi connectivity index (χ0) is 21.8. The summed E-state index contributed by atoms with van der Waals surface area (Å²) in [6, 6.07) is 3.60. The first-order chi connectivity index (χ1) is 14.3. The lowest BCUT2D eigenvalue weighted by atomic mass is 10.0. The third-order valence-electron chi connectivity index (χ3n) is 4.76. The van der Waals surface area contributed by atoms with Crippen molar-refractivity contribution in [1.82, 2.24) is 15.4 Å². The molecule has 0 radical (unpaired) electrons. The number of nitrogens with one attached hydrogen (secondary N) is 2. The molecule has 12 nitrogen and oxygen atoms in total. The highest BCUT2D eigenvalue weighted by Gasteiger charge is 2.31. The van der Waals surface area contributed by atoms with E-state index < -0.39 is 21.4 Å². The first-order valence-electron chi connectivity index (χ1n) is 9.06. The Labute approximate surface area is 175 Å². The number of halogens is 1. The highest BCUT2D eigenvalue weighted by atomic mass is 35.5. The van der Waals surface area contributed by atoms with Crippen molar-refractivity contribution < 1.29 is 14.6 Å². The minimum atomic E-state index is -0.754. The summed E-state index contributed by atoms with van der Waals surface area (Å²) in [6.45, 7) is 2.59. The Bertz CT molecular complexity index is 1000. The Morgan fingerprint density at radius 3 is 2.67 bits per heavy atom. The lowest BCUT2D eigenvalue weighted by Crippen LogP contribution is -2.38. The fourth-order valence-electron chi connectivity index (χ4n) is 3.23. The number of anilines is 2. The van der Waals surface area contributed by atoms with E-state index in [1.165, 1.54) is 18.5 Å². The molecule has 0 spiro atoms. The molecule has 2 N–H and O–H groups in total.